The summed E-state index contributed by atoms with van der Waals surface area (Å²) in [4.78, 5) is 40.9. The van der Waals surface area contributed by atoms with Crippen LogP contribution in [0, 0.1) is 13.8 Å². The smallest absolute Gasteiger partial charge is 0.322 e. The van der Waals surface area contributed by atoms with E-state index in [1.165, 1.54) is 24.2 Å². The van der Waals surface area contributed by atoms with Crippen molar-refractivity contribution in [2.75, 3.05) is 6.54 Å². The number of benzene rings is 1. The molecule has 1 aromatic carbocycles. The fourth-order valence-electron chi connectivity index (χ4n) is 3.49. The van der Waals surface area contributed by atoms with Gasteiger partial charge >= 0.3 is 5.97 Å². The maximum absolute atomic E-state index is 12.7. The predicted octanol–water partition coefficient (Wildman–Crippen LogP) is 2.10. The highest BCUT2D eigenvalue weighted by molar-refractivity contribution is 7.99. The summed E-state index contributed by atoms with van der Waals surface area (Å²) in [5.74, 6) is -1.98. The summed E-state index contributed by atoms with van der Waals surface area (Å²) in [7, 11) is 2.02. The molecule has 0 radical (unpaired) electrons. The number of aliphatic carboxylic acids is 1. The highest BCUT2D eigenvalue weighted by Crippen LogP contribution is 2.36. The first-order valence-corrected chi connectivity index (χ1v) is 9.92. The topological polar surface area (TPSA) is 121 Å². The molecule has 3 aromatic heterocycles. The number of carboxylic acids is 1. The Hall–Kier alpha value is -3.53. The Labute approximate surface area is 174 Å². The van der Waals surface area contributed by atoms with Gasteiger partial charge in [-0.2, -0.15) is 0 Å². The molecule has 0 fully saturated rings. The van der Waals surface area contributed by atoms with Crippen molar-refractivity contribution < 1.29 is 14.7 Å². The normalized spacial score (nSPS) is 11.3. The van der Waals surface area contributed by atoms with E-state index in [0.717, 1.165) is 27.1 Å². The summed E-state index contributed by atoms with van der Waals surface area (Å²) in [5.41, 5.74) is 2.82. The van der Waals surface area contributed by atoms with Crippen molar-refractivity contribution in [3.8, 4) is 0 Å². The molecule has 0 atom stereocenters. The minimum absolute atomic E-state index is 0.140. The van der Waals surface area contributed by atoms with E-state index in [1.54, 1.807) is 4.52 Å². The number of aryl methyl sites for hydroxylation is 2. The third kappa shape index (κ3) is 3.14. The lowest BCUT2D eigenvalue weighted by atomic mass is 10.1. The highest BCUT2D eigenvalue weighted by Gasteiger charge is 2.21. The van der Waals surface area contributed by atoms with Crippen LogP contribution in [0.3, 0.4) is 0 Å². The average Bonchev–Trinajstić information content (AvgIpc) is 3.27. The summed E-state index contributed by atoms with van der Waals surface area (Å²) < 4.78 is 3.67. The van der Waals surface area contributed by atoms with Gasteiger partial charge in [-0.15, -0.1) is 0 Å². The number of carbonyl (C=O) groups excluding carboxylic acids is 1. The Kier molecular flexibility index (Phi) is 4.86. The third-order valence-electron chi connectivity index (χ3n) is 5.16. The Morgan fingerprint density at radius 1 is 1.30 bits per heavy atom. The number of pyridine rings is 1. The zero-order valence-corrected chi connectivity index (χ0v) is 17.3. The number of amides is 1. The maximum Gasteiger partial charge on any atom is 0.322 e. The van der Waals surface area contributed by atoms with Crippen molar-refractivity contribution >= 4 is 40.2 Å². The van der Waals surface area contributed by atoms with E-state index in [2.05, 4.69) is 33.8 Å². The molecule has 3 N–H and O–H groups in total. The van der Waals surface area contributed by atoms with E-state index in [9.17, 15) is 14.4 Å². The highest BCUT2D eigenvalue weighted by atomic mass is 32.2. The van der Waals surface area contributed by atoms with Crippen LogP contribution in [0.4, 0.5) is 0 Å². The second kappa shape index (κ2) is 7.38. The fourth-order valence-corrected chi connectivity index (χ4v) is 4.62. The standard InChI is InChI=1S/C20H19N5O4S/c1-10-11(2)24(3)12-5-4-6-14(17(10)12)30-15-7-13(26)18(19-22-9-23-25(15)19)20(29)21-8-16(27)28/h4-7,9H,8H2,1-3H3,(H,21,29)(H,22,23)(H,27,28). The molecule has 0 aliphatic carbocycles. The van der Waals surface area contributed by atoms with E-state index in [4.69, 9.17) is 5.11 Å². The summed E-state index contributed by atoms with van der Waals surface area (Å²) in [6.45, 7) is 3.54. The largest absolute Gasteiger partial charge is 0.480 e. The molecule has 154 valence electrons. The molecule has 10 heteroatoms. The van der Waals surface area contributed by atoms with Crippen LogP contribution in [0.15, 0.2) is 45.3 Å². The molecule has 0 saturated heterocycles. The lowest BCUT2D eigenvalue weighted by molar-refractivity contribution is -0.135. The number of aromatic nitrogens is 4. The molecule has 3 heterocycles. The zero-order chi connectivity index (χ0) is 21.6. The van der Waals surface area contributed by atoms with E-state index in [1.807, 2.05) is 25.2 Å². The average molecular weight is 425 g/mol. The van der Waals surface area contributed by atoms with Gasteiger partial charge in [-0.3, -0.25) is 19.5 Å². The number of H-pyrrole nitrogens is 1. The first-order valence-electron chi connectivity index (χ1n) is 9.11. The van der Waals surface area contributed by atoms with Crippen LogP contribution in [-0.2, 0) is 11.8 Å². The van der Waals surface area contributed by atoms with Gasteiger partial charge < -0.3 is 15.0 Å². The van der Waals surface area contributed by atoms with Gasteiger partial charge in [0.1, 0.15) is 23.5 Å². The monoisotopic (exact) mass is 425 g/mol. The fraction of sp³-hybridized carbons (Fsp3) is 0.200. The molecule has 0 bridgehead atoms. The van der Waals surface area contributed by atoms with Crippen molar-refractivity contribution in [3.63, 3.8) is 0 Å². The molecule has 30 heavy (non-hydrogen) atoms. The number of nitrogens with one attached hydrogen (secondary N) is 2. The van der Waals surface area contributed by atoms with E-state index < -0.39 is 23.9 Å². The summed E-state index contributed by atoms with van der Waals surface area (Å²) in [6, 6.07) is 7.35. The second-order valence-corrected chi connectivity index (χ2v) is 7.93. The number of aromatic amines is 1. The second-order valence-electron chi connectivity index (χ2n) is 6.87. The van der Waals surface area contributed by atoms with Gasteiger partial charge in [0.15, 0.2) is 11.1 Å². The SMILES string of the molecule is Cc1c(C)n(C)c2cccc(Sc3cc(=O)c(C(=O)NCC(=O)O)c4nc[nH]n34)c12. The molecule has 9 nitrogen and oxygen atoms in total. The van der Waals surface area contributed by atoms with Crippen LogP contribution in [-0.4, -0.2) is 42.7 Å². The van der Waals surface area contributed by atoms with Crippen LogP contribution in [0.25, 0.3) is 16.6 Å². The van der Waals surface area contributed by atoms with Crippen molar-refractivity contribution in [1.82, 2.24) is 24.5 Å². The quantitative estimate of drug-likeness (QED) is 0.450. The van der Waals surface area contributed by atoms with E-state index in [0.29, 0.717) is 5.03 Å². The summed E-state index contributed by atoms with van der Waals surface area (Å²) >= 11 is 1.39. The number of fused-ring (bicyclic) bond motifs is 2. The third-order valence-corrected chi connectivity index (χ3v) is 6.23. The molecule has 0 saturated carbocycles. The van der Waals surface area contributed by atoms with Crippen LogP contribution in [0.1, 0.15) is 21.6 Å². The first kappa shape index (κ1) is 19.8. The number of carboxylic acid groups (broad SMARTS) is 1. The van der Waals surface area contributed by atoms with Gasteiger partial charge in [0, 0.05) is 34.6 Å². The van der Waals surface area contributed by atoms with Crippen molar-refractivity contribution in [1.29, 1.82) is 0 Å². The number of nitrogens with zero attached hydrogens (tertiary/aromatic N) is 3. The molecule has 4 aromatic rings. The number of hydrogen-bond acceptors (Lipinski definition) is 5. The molecule has 0 spiro atoms. The molecular formula is C20H19N5O4S. The Morgan fingerprint density at radius 2 is 2.07 bits per heavy atom. The van der Waals surface area contributed by atoms with Crippen molar-refractivity contribution in [2.45, 2.75) is 23.8 Å². The zero-order valence-electron chi connectivity index (χ0n) is 16.5. The first-order chi connectivity index (χ1) is 14.3. The van der Waals surface area contributed by atoms with Crippen molar-refractivity contribution in [2.24, 2.45) is 7.05 Å². The number of rotatable bonds is 5. The Morgan fingerprint density at radius 3 is 2.80 bits per heavy atom. The van der Waals surface area contributed by atoms with Crippen molar-refractivity contribution in [3.05, 3.63) is 57.6 Å². The lowest BCUT2D eigenvalue weighted by Gasteiger charge is -2.09. The minimum atomic E-state index is -1.20. The Bertz CT molecular complexity index is 1380. The van der Waals surface area contributed by atoms with Gasteiger partial charge in [0.2, 0.25) is 0 Å². The lowest BCUT2D eigenvalue weighted by Crippen LogP contribution is -2.33. The summed E-state index contributed by atoms with van der Waals surface area (Å²) in [5, 5.41) is 15.6. The Balaban J connectivity index is 1.82. The predicted molar refractivity (Wildman–Crippen MR) is 112 cm³/mol. The van der Waals surface area contributed by atoms with Crippen LogP contribution >= 0.6 is 11.8 Å². The molecule has 0 unspecified atom stereocenters. The van der Waals surface area contributed by atoms with Crippen LogP contribution in [0.5, 0.6) is 0 Å². The van der Waals surface area contributed by atoms with E-state index in [-0.39, 0.29) is 11.2 Å². The van der Waals surface area contributed by atoms with Gasteiger partial charge in [-0.05, 0) is 31.5 Å². The van der Waals surface area contributed by atoms with Gasteiger partial charge in [-0.1, -0.05) is 17.8 Å². The molecule has 0 aliphatic rings. The molecule has 0 aliphatic heterocycles. The molecule has 4 rings (SSSR count). The maximum atomic E-state index is 12.7. The van der Waals surface area contributed by atoms with Gasteiger partial charge in [0.05, 0.1) is 0 Å². The van der Waals surface area contributed by atoms with Crippen LogP contribution in [0.2, 0.25) is 0 Å². The minimum Gasteiger partial charge on any atom is -0.480 e. The van der Waals surface area contributed by atoms with E-state index >= 15 is 0 Å². The number of hydrogen-bond donors (Lipinski definition) is 3. The van der Waals surface area contributed by atoms with Crippen LogP contribution < -0.4 is 10.7 Å². The number of carbonyl (C=O) groups is 2. The molecular weight excluding hydrogens is 406 g/mol. The van der Waals surface area contributed by atoms with Gasteiger partial charge in [-0.25, -0.2) is 9.50 Å². The summed E-state index contributed by atoms with van der Waals surface area (Å²) in [6.07, 6.45) is 1.38. The molecule has 1 amide bonds. The van der Waals surface area contributed by atoms with Gasteiger partial charge in [0.25, 0.3) is 5.91 Å².